The zero-order chi connectivity index (χ0) is 12.1. The van der Waals surface area contributed by atoms with Gasteiger partial charge >= 0.3 is 0 Å². The molecule has 0 fully saturated rings. The van der Waals surface area contributed by atoms with Gasteiger partial charge in [-0.25, -0.2) is 0 Å². The molecule has 0 amide bonds. The first-order valence-corrected chi connectivity index (χ1v) is 5.24. The van der Waals surface area contributed by atoms with E-state index in [0.29, 0.717) is 0 Å². The highest BCUT2D eigenvalue weighted by Gasteiger charge is 2.09. The summed E-state index contributed by atoms with van der Waals surface area (Å²) in [7, 11) is 0. The Hall–Kier alpha value is -2.50. The quantitative estimate of drug-likeness (QED) is 0.442. The van der Waals surface area contributed by atoms with Crippen molar-refractivity contribution in [3.8, 4) is 6.07 Å². The highest BCUT2D eigenvalue weighted by molar-refractivity contribution is 5.83. The van der Waals surface area contributed by atoms with Gasteiger partial charge in [-0.15, -0.1) is 0 Å². The molecule has 0 aliphatic carbocycles. The third-order valence-corrected chi connectivity index (χ3v) is 2.66. The van der Waals surface area contributed by atoms with Crippen molar-refractivity contribution in [1.82, 2.24) is 0 Å². The predicted molar refractivity (Wildman–Crippen MR) is 66.3 cm³/mol. The van der Waals surface area contributed by atoms with E-state index in [1.54, 1.807) is 0 Å². The number of nitrogens with zero attached hydrogens (tertiary/aromatic N) is 4. The highest BCUT2D eigenvalue weighted by Crippen LogP contribution is 2.21. The van der Waals surface area contributed by atoms with Crippen LogP contribution in [-0.4, -0.2) is 6.54 Å². The van der Waals surface area contributed by atoms with Crippen LogP contribution in [0, 0.1) is 11.3 Å². The fraction of sp³-hybridized carbons (Fsp3) is 0.154. The maximum atomic E-state index is 9.04. The number of fused-ring (bicyclic) bond motifs is 1. The number of azide groups is 1. The zero-order valence-electron chi connectivity index (χ0n) is 9.11. The Morgan fingerprint density at radius 1 is 1.24 bits per heavy atom. The number of hydrogen-bond acceptors (Lipinski definition) is 2. The Morgan fingerprint density at radius 3 is 2.71 bits per heavy atom. The summed E-state index contributed by atoms with van der Waals surface area (Å²) >= 11 is 0. The number of benzene rings is 2. The summed E-state index contributed by atoms with van der Waals surface area (Å²) in [6.07, 6.45) is 0. The molecule has 0 radical (unpaired) electrons. The summed E-state index contributed by atoms with van der Waals surface area (Å²) in [4.78, 5) is 2.69. The molecule has 2 aromatic rings. The van der Waals surface area contributed by atoms with E-state index < -0.39 is 0 Å². The maximum absolute atomic E-state index is 9.04. The molecule has 0 aliphatic heterocycles. The van der Waals surface area contributed by atoms with E-state index in [-0.39, 0.29) is 12.5 Å². The van der Waals surface area contributed by atoms with Gasteiger partial charge in [0.1, 0.15) is 0 Å². The summed E-state index contributed by atoms with van der Waals surface area (Å²) in [5, 5.41) is 14.7. The average molecular weight is 222 g/mol. The first kappa shape index (κ1) is 11.0. The second kappa shape index (κ2) is 5.02. The van der Waals surface area contributed by atoms with E-state index in [1.807, 2.05) is 42.5 Å². The van der Waals surface area contributed by atoms with Gasteiger partial charge in [0, 0.05) is 11.5 Å². The Balaban J connectivity index is 2.41. The van der Waals surface area contributed by atoms with Crippen LogP contribution in [0.1, 0.15) is 11.5 Å². The van der Waals surface area contributed by atoms with Gasteiger partial charge in [0.25, 0.3) is 0 Å². The highest BCUT2D eigenvalue weighted by atomic mass is 15.1. The largest absolute Gasteiger partial charge is 0.198 e. The third-order valence-electron chi connectivity index (χ3n) is 2.66. The van der Waals surface area contributed by atoms with Gasteiger partial charge in [0.15, 0.2) is 0 Å². The summed E-state index contributed by atoms with van der Waals surface area (Å²) in [5.41, 5.74) is 9.17. The van der Waals surface area contributed by atoms with E-state index in [9.17, 15) is 0 Å². The fourth-order valence-corrected chi connectivity index (χ4v) is 1.76. The van der Waals surface area contributed by atoms with Gasteiger partial charge in [-0.2, -0.15) is 5.26 Å². The molecule has 17 heavy (non-hydrogen) atoms. The van der Waals surface area contributed by atoms with E-state index >= 15 is 0 Å². The molecule has 4 nitrogen and oxygen atoms in total. The minimum Gasteiger partial charge on any atom is -0.198 e. The standard InChI is InChI=1S/C13H10N4/c14-8-13(9-16-17-15)12-6-5-10-3-1-2-4-11(10)7-12/h1-7,13H,9H2/t13-/m1/s1. The Labute approximate surface area is 98.7 Å². The molecule has 82 valence electrons. The molecule has 0 aromatic heterocycles. The minimum absolute atomic E-state index is 0.172. The Morgan fingerprint density at radius 2 is 2.00 bits per heavy atom. The summed E-state index contributed by atoms with van der Waals surface area (Å²) in [5.74, 6) is -0.379. The van der Waals surface area contributed by atoms with Gasteiger partial charge in [0.2, 0.25) is 0 Å². The molecule has 0 saturated heterocycles. The lowest BCUT2D eigenvalue weighted by atomic mass is 9.97. The van der Waals surface area contributed by atoms with Crippen LogP contribution in [0.3, 0.4) is 0 Å². The monoisotopic (exact) mass is 222 g/mol. The second-order valence-corrected chi connectivity index (χ2v) is 3.70. The van der Waals surface area contributed by atoms with Gasteiger partial charge in [-0.05, 0) is 27.9 Å². The Bertz CT molecular complexity index is 621. The van der Waals surface area contributed by atoms with E-state index in [0.717, 1.165) is 16.3 Å². The lowest BCUT2D eigenvalue weighted by Crippen LogP contribution is -1.99. The first-order valence-electron chi connectivity index (χ1n) is 5.24. The summed E-state index contributed by atoms with van der Waals surface area (Å²) in [6.45, 7) is 0.172. The summed E-state index contributed by atoms with van der Waals surface area (Å²) < 4.78 is 0. The van der Waals surface area contributed by atoms with Crippen LogP contribution in [0.2, 0.25) is 0 Å². The lowest BCUT2D eigenvalue weighted by molar-refractivity contribution is 0.856. The van der Waals surface area contributed by atoms with Gasteiger partial charge in [-0.3, -0.25) is 0 Å². The second-order valence-electron chi connectivity index (χ2n) is 3.70. The van der Waals surface area contributed by atoms with Crippen LogP contribution in [0.15, 0.2) is 47.6 Å². The maximum Gasteiger partial charge on any atom is 0.0769 e. The van der Waals surface area contributed by atoms with Crippen molar-refractivity contribution >= 4 is 10.8 Å². The SMILES string of the molecule is N#C[C@H](CN=[N+]=[N-])c1ccc2ccccc2c1. The molecule has 0 N–H and O–H groups in total. The first-order chi connectivity index (χ1) is 8.35. The lowest BCUT2D eigenvalue weighted by Gasteiger charge is -2.07. The van der Waals surface area contributed by atoms with Crippen molar-refractivity contribution < 1.29 is 0 Å². The van der Waals surface area contributed by atoms with Crippen molar-refractivity contribution in [2.75, 3.05) is 6.54 Å². The van der Waals surface area contributed by atoms with Crippen LogP contribution >= 0.6 is 0 Å². The molecule has 0 saturated carbocycles. The van der Waals surface area contributed by atoms with E-state index in [4.69, 9.17) is 10.8 Å². The molecule has 0 unspecified atom stereocenters. The molecule has 0 aliphatic rings. The zero-order valence-corrected chi connectivity index (χ0v) is 9.11. The fourth-order valence-electron chi connectivity index (χ4n) is 1.76. The van der Waals surface area contributed by atoms with Crippen LogP contribution in [0.5, 0.6) is 0 Å². The van der Waals surface area contributed by atoms with Crippen molar-refractivity contribution in [1.29, 1.82) is 5.26 Å². The van der Waals surface area contributed by atoms with Crippen LogP contribution < -0.4 is 0 Å². The normalized spacial score (nSPS) is 11.5. The van der Waals surface area contributed by atoms with Crippen LogP contribution in [0.25, 0.3) is 21.2 Å². The smallest absolute Gasteiger partial charge is 0.0769 e. The molecule has 2 aromatic carbocycles. The van der Waals surface area contributed by atoms with Crippen molar-refractivity contribution in [2.24, 2.45) is 5.11 Å². The number of hydrogen-bond donors (Lipinski definition) is 0. The topological polar surface area (TPSA) is 72.5 Å². The Kier molecular flexibility index (Phi) is 3.25. The van der Waals surface area contributed by atoms with E-state index in [2.05, 4.69) is 16.1 Å². The predicted octanol–water partition coefficient (Wildman–Crippen LogP) is 3.76. The molecular formula is C13H10N4. The third kappa shape index (κ3) is 2.36. The van der Waals surface area contributed by atoms with Gasteiger partial charge in [0.05, 0.1) is 12.0 Å². The molecule has 4 heteroatoms. The number of nitriles is 1. The van der Waals surface area contributed by atoms with Crippen molar-refractivity contribution in [3.63, 3.8) is 0 Å². The molecular weight excluding hydrogens is 212 g/mol. The molecule has 2 rings (SSSR count). The van der Waals surface area contributed by atoms with Crippen LogP contribution in [-0.2, 0) is 0 Å². The number of rotatable bonds is 3. The molecule has 0 bridgehead atoms. The van der Waals surface area contributed by atoms with Crippen LogP contribution in [0.4, 0.5) is 0 Å². The minimum atomic E-state index is -0.379. The van der Waals surface area contributed by atoms with Gasteiger partial charge < -0.3 is 0 Å². The summed E-state index contributed by atoms with van der Waals surface area (Å²) in [6, 6.07) is 16.0. The molecule has 0 spiro atoms. The van der Waals surface area contributed by atoms with E-state index in [1.165, 1.54) is 0 Å². The average Bonchev–Trinajstić information content (AvgIpc) is 2.39. The van der Waals surface area contributed by atoms with Crippen molar-refractivity contribution in [3.05, 3.63) is 58.5 Å². The van der Waals surface area contributed by atoms with Crippen molar-refractivity contribution in [2.45, 2.75) is 5.92 Å². The molecule has 1 atom stereocenters. The molecule has 0 heterocycles. The van der Waals surface area contributed by atoms with Gasteiger partial charge in [-0.1, -0.05) is 41.5 Å².